The van der Waals surface area contributed by atoms with Crippen molar-refractivity contribution in [2.45, 2.75) is 0 Å². The Labute approximate surface area is 142 Å². The molecule has 25 heavy (non-hydrogen) atoms. The smallest absolute Gasteiger partial charge is 0.343 e. The summed E-state index contributed by atoms with van der Waals surface area (Å²) in [5.41, 5.74) is 0.775. The zero-order valence-electron chi connectivity index (χ0n) is 12.8. The van der Waals surface area contributed by atoms with Crippen molar-refractivity contribution in [2.75, 3.05) is 0 Å². The SMILES string of the molecule is O=C1NC(=O)C(=Cc2ccc(OC(=O)c3ccccc3)cc2)C(=O)N1. The number of rotatable bonds is 3. The van der Waals surface area contributed by atoms with Gasteiger partial charge in [0.25, 0.3) is 11.8 Å². The largest absolute Gasteiger partial charge is 0.423 e. The molecule has 1 aliphatic heterocycles. The monoisotopic (exact) mass is 336 g/mol. The number of ether oxygens (including phenoxy) is 1. The van der Waals surface area contributed by atoms with E-state index in [1.807, 2.05) is 10.6 Å². The van der Waals surface area contributed by atoms with Gasteiger partial charge in [-0.05, 0) is 35.9 Å². The summed E-state index contributed by atoms with van der Waals surface area (Å²) >= 11 is 0. The van der Waals surface area contributed by atoms with Crippen LogP contribution >= 0.6 is 0 Å². The molecule has 0 spiro atoms. The number of hydrogen-bond acceptors (Lipinski definition) is 5. The lowest BCUT2D eigenvalue weighted by molar-refractivity contribution is -0.123. The fourth-order valence-electron chi connectivity index (χ4n) is 2.15. The molecule has 1 aliphatic rings. The maximum atomic E-state index is 12.0. The number of carbonyl (C=O) groups is 4. The standard InChI is InChI=1S/C18H12N2O5/c21-15-14(16(22)20-18(24)19-15)10-11-6-8-13(9-7-11)25-17(23)12-4-2-1-3-5-12/h1-10H,(H2,19,20,21,22,24). The molecule has 2 aromatic rings. The lowest BCUT2D eigenvalue weighted by Crippen LogP contribution is -2.51. The van der Waals surface area contributed by atoms with Crippen LogP contribution in [0.5, 0.6) is 5.75 Å². The first-order valence-electron chi connectivity index (χ1n) is 7.28. The molecular weight excluding hydrogens is 324 g/mol. The number of benzene rings is 2. The topological polar surface area (TPSA) is 102 Å². The second kappa shape index (κ2) is 6.79. The molecule has 0 saturated carbocycles. The predicted octanol–water partition coefficient (Wildman–Crippen LogP) is 1.66. The Morgan fingerprint density at radius 3 is 2.04 bits per heavy atom. The van der Waals surface area contributed by atoms with Gasteiger partial charge in [-0.15, -0.1) is 0 Å². The Balaban J connectivity index is 1.73. The van der Waals surface area contributed by atoms with Crippen LogP contribution in [0, 0.1) is 0 Å². The number of amides is 4. The summed E-state index contributed by atoms with van der Waals surface area (Å²) in [4.78, 5) is 46.3. The third-order valence-electron chi connectivity index (χ3n) is 3.35. The fourth-order valence-corrected chi connectivity index (χ4v) is 2.15. The second-order valence-corrected chi connectivity index (χ2v) is 5.12. The Morgan fingerprint density at radius 2 is 1.44 bits per heavy atom. The number of nitrogens with one attached hydrogen (secondary N) is 2. The molecule has 0 bridgehead atoms. The van der Waals surface area contributed by atoms with Gasteiger partial charge in [-0.3, -0.25) is 20.2 Å². The average molecular weight is 336 g/mol. The van der Waals surface area contributed by atoms with E-state index in [1.165, 1.54) is 18.2 Å². The molecule has 0 aliphatic carbocycles. The van der Waals surface area contributed by atoms with Crippen LogP contribution in [0.2, 0.25) is 0 Å². The normalized spacial score (nSPS) is 13.8. The molecule has 7 heteroatoms. The molecule has 2 N–H and O–H groups in total. The van der Waals surface area contributed by atoms with Crippen molar-refractivity contribution in [2.24, 2.45) is 0 Å². The van der Waals surface area contributed by atoms with E-state index in [4.69, 9.17) is 4.74 Å². The lowest BCUT2D eigenvalue weighted by Gasteiger charge is -2.13. The van der Waals surface area contributed by atoms with Gasteiger partial charge < -0.3 is 4.74 Å². The van der Waals surface area contributed by atoms with E-state index in [2.05, 4.69) is 0 Å². The molecule has 1 heterocycles. The van der Waals surface area contributed by atoms with E-state index in [0.717, 1.165) is 0 Å². The van der Waals surface area contributed by atoms with Crippen LogP contribution in [0.15, 0.2) is 60.2 Å². The van der Waals surface area contributed by atoms with E-state index in [1.54, 1.807) is 42.5 Å². The molecule has 7 nitrogen and oxygen atoms in total. The number of imide groups is 2. The third-order valence-corrected chi connectivity index (χ3v) is 3.35. The van der Waals surface area contributed by atoms with E-state index >= 15 is 0 Å². The number of hydrogen-bond donors (Lipinski definition) is 2. The minimum Gasteiger partial charge on any atom is -0.423 e. The summed E-state index contributed by atoms with van der Waals surface area (Å²) in [6, 6.07) is 13.9. The minimum absolute atomic E-state index is 0.186. The maximum Gasteiger partial charge on any atom is 0.343 e. The first kappa shape index (κ1) is 16.1. The Kier molecular flexibility index (Phi) is 4.38. The van der Waals surface area contributed by atoms with E-state index in [-0.39, 0.29) is 5.57 Å². The van der Waals surface area contributed by atoms with Crippen molar-refractivity contribution in [1.29, 1.82) is 0 Å². The molecular formula is C18H12N2O5. The zero-order valence-corrected chi connectivity index (χ0v) is 12.8. The highest BCUT2D eigenvalue weighted by atomic mass is 16.5. The summed E-state index contributed by atoms with van der Waals surface area (Å²) in [6.45, 7) is 0. The van der Waals surface area contributed by atoms with Gasteiger partial charge >= 0.3 is 12.0 Å². The van der Waals surface area contributed by atoms with Crippen LogP contribution in [0.4, 0.5) is 4.79 Å². The molecule has 0 aromatic heterocycles. The van der Waals surface area contributed by atoms with E-state index < -0.39 is 23.8 Å². The molecule has 4 amide bonds. The van der Waals surface area contributed by atoms with Crippen LogP contribution in [-0.2, 0) is 9.59 Å². The van der Waals surface area contributed by atoms with Crippen LogP contribution < -0.4 is 15.4 Å². The van der Waals surface area contributed by atoms with Crippen molar-refractivity contribution in [1.82, 2.24) is 10.6 Å². The Morgan fingerprint density at radius 1 is 0.840 bits per heavy atom. The zero-order chi connectivity index (χ0) is 17.8. The van der Waals surface area contributed by atoms with Crippen LogP contribution in [-0.4, -0.2) is 23.8 Å². The average Bonchev–Trinajstić information content (AvgIpc) is 2.60. The molecule has 0 unspecified atom stereocenters. The second-order valence-electron chi connectivity index (χ2n) is 5.12. The number of esters is 1. The highest BCUT2D eigenvalue weighted by Gasteiger charge is 2.27. The first-order chi connectivity index (χ1) is 12.0. The third kappa shape index (κ3) is 3.78. The molecule has 2 aromatic carbocycles. The van der Waals surface area contributed by atoms with Crippen LogP contribution in [0.3, 0.4) is 0 Å². The van der Waals surface area contributed by atoms with Gasteiger partial charge in [0, 0.05) is 0 Å². The summed E-state index contributed by atoms with van der Waals surface area (Å²) in [5.74, 6) is -1.71. The first-order valence-corrected chi connectivity index (χ1v) is 7.28. The summed E-state index contributed by atoms with van der Waals surface area (Å²) in [5, 5.41) is 3.98. The van der Waals surface area contributed by atoms with Gasteiger partial charge in [-0.1, -0.05) is 30.3 Å². The van der Waals surface area contributed by atoms with Gasteiger partial charge in [0.2, 0.25) is 0 Å². The molecule has 0 radical (unpaired) electrons. The predicted molar refractivity (Wildman–Crippen MR) is 87.5 cm³/mol. The van der Waals surface area contributed by atoms with Crippen molar-refractivity contribution in [3.63, 3.8) is 0 Å². The van der Waals surface area contributed by atoms with Crippen molar-refractivity contribution >= 4 is 29.9 Å². The van der Waals surface area contributed by atoms with E-state index in [9.17, 15) is 19.2 Å². The van der Waals surface area contributed by atoms with Crippen molar-refractivity contribution in [3.05, 3.63) is 71.3 Å². The molecule has 0 atom stereocenters. The Bertz CT molecular complexity index is 863. The van der Waals surface area contributed by atoms with Crippen LogP contribution in [0.25, 0.3) is 6.08 Å². The van der Waals surface area contributed by atoms with Gasteiger partial charge in [0.05, 0.1) is 5.56 Å². The summed E-state index contributed by atoms with van der Waals surface area (Å²) in [7, 11) is 0. The van der Waals surface area contributed by atoms with Crippen molar-refractivity contribution in [3.8, 4) is 5.75 Å². The summed E-state index contributed by atoms with van der Waals surface area (Å²) in [6.07, 6.45) is 1.33. The Hall–Kier alpha value is -3.74. The molecule has 3 rings (SSSR count). The molecule has 1 fully saturated rings. The highest BCUT2D eigenvalue weighted by Crippen LogP contribution is 2.17. The fraction of sp³-hybridized carbons (Fsp3) is 0. The van der Waals surface area contributed by atoms with Crippen molar-refractivity contribution < 1.29 is 23.9 Å². The highest BCUT2D eigenvalue weighted by molar-refractivity contribution is 6.31. The minimum atomic E-state index is -0.852. The number of carbonyl (C=O) groups excluding carboxylic acids is 4. The van der Waals surface area contributed by atoms with Crippen LogP contribution in [0.1, 0.15) is 15.9 Å². The molecule has 124 valence electrons. The number of barbiturate groups is 1. The molecule has 1 saturated heterocycles. The quantitative estimate of drug-likeness (QED) is 0.384. The van der Waals surface area contributed by atoms with E-state index in [0.29, 0.717) is 16.9 Å². The lowest BCUT2D eigenvalue weighted by atomic mass is 10.1. The summed E-state index contributed by atoms with van der Waals surface area (Å²) < 4.78 is 5.24. The van der Waals surface area contributed by atoms with Gasteiger partial charge in [0.15, 0.2) is 0 Å². The number of urea groups is 1. The van der Waals surface area contributed by atoms with Gasteiger partial charge in [-0.2, -0.15) is 0 Å². The van der Waals surface area contributed by atoms with Gasteiger partial charge in [0.1, 0.15) is 11.3 Å². The maximum absolute atomic E-state index is 12.0. The van der Waals surface area contributed by atoms with Gasteiger partial charge in [-0.25, -0.2) is 9.59 Å².